The van der Waals surface area contributed by atoms with Gasteiger partial charge in [-0.05, 0) is 30.9 Å². The number of aromatic nitrogens is 1. The maximum absolute atomic E-state index is 5.36. The third kappa shape index (κ3) is 4.73. The number of hydrogen-bond acceptors (Lipinski definition) is 3. The monoisotopic (exact) mass is 236 g/mol. The first-order valence-corrected chi connectivity index (χ1v) is 6.24. The summed E-state index contributed by atoms with van der Waals surface area (Å²) in [7, 11) is 0. The Morgan fingerprint density at radius 3 is 2.53 bits per heavy atom. The largest absolute Gasteiger partial charge is 0.380 e. The quantitative estimate of drug-likeness (QED) is 0.852. The number of rotatable bonds is 5. The third-order valence-electron chi connectivity index (χ3n) is 2.60. The second-order valence-electron chi connectivity index (χ2n) is 5.39. The van der Waals surface area contributed by atoms with Gasteiger partial charge >= 0.3 is 0 Å². The number of pyridine rings is 1. The molecule has 1 N–H and O–H groups in total. The van der Waals surface area contributed by atoms with Gasteiger partial charge in [-0.3, -0.25) is 0 Å². The van der Waals surface area contributed by atoms with E-state index in [0.29, 0.717) is 6.61 Å². The minimum atomic E-state index is 0.155. The molecule has 0 aliphatic carbocycles. The van der Waals surface area contributed by atoms with Crippen molar-refractivity contribution in [2.75, 3.05) is 18.5 Å². The Kier molecular flexibility index (Phi) is 4.94. The van der Waals surface area contributed by atoms with Crippen LogP contribution < -0.4 is 5.32 Å². The molecule has 1 unspecified atom stereocenters. The average molecular weight is 236 g/mol. The molecule has 1 heterocycles. The van der Waals surface area contributed by atoms with Gasteiger partial charge in [0, 0.05) is 18.8 Å². The summed E-state index contributed by atoms with van der Waals surface area (Å²) >= 11 is 0. The van der Waals surface area contributed by atoms with Crippen molar-refractivity contribution < 1.29 is 4.74 Å². The predicted octanol–water partition coefficient (Wildman–Crippen LogP) is 3.22. The molecule has 3 heteroatoms. The molecule has 1 rings (SSSR count). The molecule has 0 aliphatic heterocycles. The lowest BCUT2D eigenvalue weighted by molar-refractivity contribution is 0.141. The van der Waals surface area contributed by atoms with Gasteiger partial charge < -0.3 is 10.1 Å². The summed E-state index contributed by atoms with van der Waals surface area (Å²) in [6.45, 7) is 12.1. The van der Waals surface area contributed by atoms with E-state index in [1.54, 1.807) is 0 Å². The van der Waals surface area contributed by atoms with Crippen molar-refractivity contribution in [3.8, 4) is 0 Å². The summed E-state index contributed by atoms with van der Waals surface area (Å²) in [4.78, 5) is 4.43. The molecule has 0 aromatic carbocycles. The molecule has 0 saturated carbocycles. The molecule has 17 heavy (non-hydrogen) atoms. The Morgan fingerprint density at radius 1 is 1.35 bits per heavy atom. The zero-order chi connectivity index (χ0) is 12.9. The highest BCUT2D eigenvalue weighted by Crippen LogP contribution is 2.21. The van der Waals surface area contributed by atoms with Crippen LogP contribution in [-0.4, -0.2) is 24.2 Å². The van der Waals surface area contributed by atoms with Crippen molar-refractivity contribution in [1.82, 2.24) is 4.98 Å². The number of ether oxygens (including phenoxy) is 1. The topological polar surface area (TPSA) is 34.1 Å². The Hall–Kier alpha value is -1.09. The lowest BCUT2D eigenvalue weighted by Gasteiger charge is -2.19. The molecule has 1 atom stereocenters. The maximum atomic E-state index is 5.36. The highest BCUT2D eigenvalue weighted by Gasteiger charge is 2.13. The Bertz CT molecular complexity index is 327. The Balaban J connectivity index is 2.56. The van der Waals surface area contributed by atoms with Crippen LogP contribution in [-0.2, 0) is 10.2 Å². The molecule has 0 saturated heterocycles. The van der Waals surface area contributed by atoms with Crippen LogP contribution in [0, 0.1) is 0 Å². The van der Waals surface area contributed by atoms with E-state index >= 15 is 0 Å². The zero-order valence-electron chi connectivity index (χ0n) is 11.6. The van der Waals surface area contributed by atoms with E-state index in [2.05, 4.69) is 44.1 Å². The molecule has 96 valence electrons. The van der Waals surface area contributed by atoms with Gasteiger partial charge in [-0.1, -0.05) is 26.8 Å². The normalized spacial score (nSPS) is 13.5. The molecule has 1 aromatic heterocycles. The summed E-state index contributed by atoms with van der Waals surface area (Å²) in [6.07, 6.45) is 1.94. The van der Waals surface area contributed by atoms with Gasteiger partial charge in [-0.15, -0.1) is 0 Å². The van der Waals surface area contributed by atoms with Crippen LogP contribution in [0.4, 0.5) is 5.82 Å². The molecule has 0 radical (unpaired) electrons. The summed E-state index contributed by atoms with van der Waals surface area (Å²) < 4.78 is 5.36. The minimum Gasteiger partial charge on any atom is -0.380 e. The van der Waals surface area contributed by atoms with Gasteiger partial charge in [0.15, 0.2) is 0 Å². The first kappa shape index (κ1) is 14.0. The maximum Gasteiger partial charge on any atom is 0.126 e. The van der Waals surface area contributed by atoms with Crippen LogP contribution in [0.5, 0.6) is 0 Å². The van der Waals surface area contributed by atoms with Gasteiger partial charge in [0.1, 0.15) is 5.82 Å². The van der Waals surface area contributed by atoms with Crippen molar-refractivity contribution >= 4 is 5.82 Å². The molecule has 0 bridgehead atoms. The first-order valence-electron chi connectivity index (χ1n) is 6.24. The highest BCUT2D eigenvalue weighted by atomic mass is 16.5. The van der Waals surface area contributed by atoms with E-state index in [1.807, 2.05) is 19.2 Å². The van der Waals surface area contributed by atoms with Gasteiger partial charge in [0.2, 0.25) is 0 Å². The molecule has 0 spiro atoms. The molecule has 3 nitrogen and oxygen atoms in total. The van der Waals surface area contributed by atoms with Crippen molar-refractivity contribution in [3.05, 3.63) is 23.9 Å². The van der Waals surface area contributed by atoms with Crippen LogP contribution in [0.25, 0.3) is 0 Å². The zero-order valence-corrected chi connectivity index (χ0v) is 11.6. The van der Waals surface area contributed by atoms with Gasteiger partial charge in [0.05, 0.1) is 6.61 Å². The average Bonchev–Trinajstić information content (AvgIpc) is 2.26. The fourth-order valence-corrected chi connectivity index (χ4v) is 1.51. The fourth-order valence-electron chi connectivity index (χ4n) is 1.51. The van der Waals surface area contributed by atoms with Gasteiger partial charge in [0.25, 0.3) is 0 Å². The van der Waals surface area contributed by atoms with Crippen molar-refractivity contribution in [1.29, 1.82) is 0 Å². The molecular formula is C14H24N2O. The summed E-state index contributed by atoms with van der Waals surface area (Å²) in [6, 6.07) is 4.44. The molecule has 0 amide bonds. The fraction of sp³-hybridized carbons (Fsp3) is 0.643. The smallest absolute Gasteiger partial charge is 0.126 e. The van der Waals surface area contributed by atoms with E-state index in [-0.39, 0.29) is 11.5 Å². The van der Waals surface area contributed by atoms with E-state index in [9.17, 15) is 0 Å². The number of hydrogen-bond donors (Lipinski definition) is 1. The van der Waals surface area contributed by atoms with Crippen molar-refractivity contribution in [3.63, 3.8) is 0 Å². The lowest BCUT2D eigenvalue weighted by Crippen LogP contribution is -2.22. The molecule has 1 aromatic rings. The summed E-state index contributed by atoms with van der Waals surface area (Å²) in [5, 5.41) is 3.32. The second kappa shape index (κ2) is 6.01. The lowest BCUT2D eigenvalue weighted by atomic mass is 9.88. The Morgan fingerprint density at radius 2 is 2.06 bits per heavy atom. The van der Waals surface area contributed by atoms with Crippen LogP contribution in [0.3, 0.4) is 0 Å². The minimum absolute atomic E-state index is 0.155. The predicted molar refractivity (Wildman–Crippen MR) is 72.5 cm³/mol. The van der Waals surface area contributed by atoms with Crippen LogP contribution in [0.15, 0.2) is 18.3 Å². The highest BCUT2D eigenvalue weighted by molar-refractivity contribution is 5.37. The van der Waals surface area contributed by atoms with E-state index < -0.39 is 0 Å². The SMILES string of the molecule is CCOCC(C)Nc1ccc(C(C)(C)C)cn1. The molecular weight excluding hydrogens is 212 g/mol. The van der Waals surface area contributed by atoms with E-state index in [0.717, 1.165) is 12.4 Å². The third-order valence-corrected chi connectivity index (χ3v) is 2.60. The van der Waals surface area contributed by atoms with E-state index in [1.165, 1.54) is 5.56 Å². The van der Waals surface area contributed by atoms with Crippen molar-refractivity contribution in [2.24, 2.45) is 0 Å². The van der Waals surface area contributed by atoms with Crippen LogP contribution >= 0.6 is 0 Å². The number of nitrogens with one attached hydrogen (secondary N) is 1. The Labute approximate surface area is 105 Å². The first-order chi connectivity index (χ1) is 7.93. The summed E-state index contributed by atoms with van der Waals surface area (Å²) in [5.74, 6) is 0.908. The van der Waals surface area contributed by atoms with Gasteiger partial charge in [-0.25, -0.2) is 4.98 Å². The second-order valence-corrected chi connectivity index (χ2v) is 5.39. The van der Waals surface area contributed by atoms with Crippen LogP contribution in [0.2, 0.25) is 0 Å². The number of anilines is 1. The summed E-state index contributed by atoms with van der Waals surface area (Å²) in [5.41, 5.74) is 1.41. The van der Waals surface area contributed by atoms with E-state index in [4.69, 9.17) is 4.74 Å². The number of nitrogens with zero attached hydrogens (tertiary/aromatic N) is 1. The standard InChI is InChI=1S/C14H24N2O/c1-6-17-10-11(2)16-13-8-7-12(9-15-13)14(3,4)5/h7-9,11H,6,10H2,1-5H3,(H,15,16). The van der Waals surface area contributed by atoms with Gasteiger partial charge in [-0.2, -0.15) is 0 Å². The van der Waals surface area contributed by atoms with Crippen molar-refractivity contribution in [2.45, 2.75) is 46.1 Å². The molecule has 0 aliphatic rings. The molecule has 0 fully saturated rings. The van der Waals surface area contributed by atoms with Crippen LogP contribution in [0.1, 0.15) is 40.2 Å².